The Bertz CT molecular complexity index is 1550. The third kappa shape index (κ3) is 4.31. The minimum absolute atomic E-state index is 0.0120. The van der Waals surface area contributed by atoms with Gasteiger partial charge in [0.25, 0.3) is 5.56 Å². The van der Waals surface area contributed by atoms with Gasteiger partial charge >= 0.3 is 0 Å². The standard InChI is InChI=1S/C24H17F3N2O3S/c1-14-11-16(5-9-20(14)25)23-19(15-3-7-18(8-4-15)33(2,31)32)13-28-29(24(23)30)17-6-10-21(26)22(27)12-17/h3-13H,1-2H3. The largest absolute Gasteiger partial charge is 0.280 e. The summed E-state index contributed by atoms with van der Waals surface area (Å²) in [7, 11) is -3.42. The lowest BCUT2D eigenvalue weighted by Crippen LogP contribution is -2.23. The van der Waals surface area contributed by atoms with Crippen molar-refractivity contribution in [1.82, 2.24) is 9.78 Å². The Hall–Kier alpha value is -3.72. The molecule has 0 saturated carbocycles. The van der Waals surface area contributed by atoms with Gasteiger partial charge < -0.3 is 0 Å². The molecule has 0 atom stereocenters. The third-order valence-corrected chi connectivity index (χ3v) is 6.29. The van der Waals surface area contributed by atoms with Crippen LogP contribution in [-0.4, -0.2) is 24.5 Å². The van der Waals surface area contributed by atoms with E-state index >= 15 is 0 Å². The van der Waals surface area contributed by atoms with E-state index in [1.165, 1.54) is 54.7 Å². The van der Waals surface area contributed by atoms with Crippen molar-refractivity contribution < 1.29 is 21.6 Å². The highest BCUT2D eigenvalue weighted by atomic mass is 32.2. The van der Waals surface area contributed by atoms with Crippen molar-refractivity contribution in [2.45, 2.75) is 11.8 Å². The monoisotopic (exact) mass is 470 g/mol. The van der Waals surface area contributed by atoms with Gasteiger partial charge in [0.2, 0.25) is 0 Å². The summed E-state index contributed by atoms with van der Waals surface area (Å²) in [6.07, 6.45) is 2.45. The van der Waals surface area contributed by atoms with Gasteiger partial charge in [0, 0.05) is 17.9 Å². The van der Waals surface area contributed by atoms with Gasteiger partial charge in [-0.25, -0.2) is 21.6 Å². The van der Waals surface area contributed by atoms with Gasteiger partial charge in [-0.15, -0.1) is 0 Å². The van der Waals surface area contributed by atoms with E-state index < -0.39 is 32.8 Å². The van der Waals surface area contributed by atoms with Crippen LogP contribution in [-0.2, 0) is 9.84 Å². The molecule has 33 heavy (non-hydrogen) atoms. The van der Waals surface area contributed by atoms with Crippen molar-refractivity contribution in [3.8, 4) is 27.9 Å². The van der Waals surface area contributed by atoms with E-state index in [0.717, 1.165) is 23.1 Å². The summed E-state index contributed by atoms with van der Waals surface area (Å²) in [5.74, 6) is -2.66. The molecule has 3 aromatic carbocycles. The van der Waals surface area contributed by atoms with Gasteiger partial charge in [-0.3, -0.25) is 4.79 Å². The minimum atomic E-state index is -3.42. The molecule has 0 fully saturated rings. The second kappa shape index (κ2) is 8.32. The molecular formula is C24H17F3N2O3S. The normalized spacial score (nSPS) is 11.5. The highest BCUT2D eigenvalue weighted by molar-refractivity contribution is 7.90. The van der Waals surface area contributed by atoms with E-state index in [-0.39, 0.29) is 16.1 Å². The Balaban J connectivity index is 1.98. The van der Waals surface area contributed by atoms with Crippen molar-refractivity contribution in [2.24, 2.45) is 0 Å². The molecule has 1 aromatic heterocycles. The summed E-state index contributed by atoms with van der Waals surface area (Å²) >= 11 is 0. The fraction of sp³-hybridized carbons (Fsp3) is 0.0833. The Labute approximate surface area is 187 Å². The van der Waals surface area contributed by atoms with Crippen LogP contribution in [0.15, 0.2) is 76.6 Å². The maximum Gasteiger partial charge on any atom is 0.280 e. The van der Waals surface area contributed by atoms with Crippen LogP contribution in [0.3, 0.4) is 0 Å². The Kier molecular flexibility index (Phi) is 5.67. The zero-order valence-electron chi connectivity index (χ0n) is 17.5. The predicted octanol–water partition coefficient (Wildman–Crippen LogP) is 4.70. The van der Waals surface area contributed by atoms with Gasteiger partial charge in [0.05, 0.1) is 22.3 Å². The van der Waals surface area contributed by atoms with E-state index in [0.29, 0.717) is 22.3 Å². The number of rotatable bonds is 4. The van der Waals surface area contributed by atoms with Gasteiger partial charge in [-0.05, 0) is 60.0 Å². The fourth-order valence-corrected chi connectivity index (χ4v) is 4.06. The molecule has 9 heteroatoms. The molecule has 0 amide bonds. The molecule has 0 aliphatic heterocycles. The Morgan fingerprint density at radius 1 is 0.818 bits per heavy atom. The van der Waals surface area contributed by atoms with Crippen LogP contribution in [0.4, 0.5) is 13.2 Å². The molecule has 0 unspecified atom stereocenters. The van der Waals surface area contributed by atoms with E-state index in [4.69, 9.17) is 0 Å². The topological polar surface area (TPSA) is 69.0 Å². The first-order valence-corrected chi connectivity index (χ1v) is 11.6. The third-order valence-electron chi connectivity index (χ3n) is 5.17. The number of hydrogen-bond donors (Lipinski definition) is 0. The zero-order valence-corrected chi connectivity index (χ0v) is 18.3. The van der Waals surface area contributed by atoms with Gasteiger partial charge in [0.1, 0.15) is 5.82 Å². The summed E-state index contributed by atoms with van der Waals surface area (Å²) in [4.78, 5) is 13.6. The van der Waals surface area contributed by atoms with Crippen LogP contribution in [0.1, 0.15) is 5.56 Å². The first-order chi connectivity index (χ1) is 15.6. The molecule has 5 nitrogen and oxygen atoms in total. The van der Waals surface area contributed by atoms with Crippen molar-refractivity contribution in [3.63, 3.8) is 0 Å². The molecule has 0 saturated heterocycles. The zero-order chi connectivity index (χ0) is 23.9. The second-order valence-electron chi connectivity index (χ2n) is 7.51. The van der Waals surface area contributed by atoms with Crippen molar-refractivity contribution in [2.75, 3.05) is 6.26 Å². The van der Waals surface area contributed by atoms with Crippen molar-refractivity contribution in [1.29, 1.82) is 0 Å². The van der Waals surface area contributed by atoms with Crippen LogP contribution >= 0.6 is 0 Å². The maximum atomic E-state index is 13.9. The van der Waals surface area contributed by atoms with Crippen molar-refractivity contribution >= 4 is 9.84 Å². The first kappa shape index (κ1) is 22.5. The van der Waals surface area contributed by atoms with Gasteiger partial charge in [-0.1, -0.05) is 18.2 Å². The van der Waals surface area contributed by atoms with Crippen LogP contribution < -0.4 is 5.56 Å². The molecule has 4 aromatic rings. The molecule has 0 spiro atoms. The summed E-state index contributed by atoms with van der Waals surface area (Å²) in [6.45, 7) is 1.55. The molecule has 0 radical (unpaired) electrons. The van der Waals surface area contributed by atoms with Gasteiger partial charge in [-0.2, -0.15) is 9.78 Å². The summed E-state index contributed by atoms with van der Waals surface area (Å²) in [5, 5.41) is 4.12. The number of hydrogen-bond acceptors (Lipinski definition) is 4. The highest BCUT2D eigenvalue weighted by Crippen LogP contribution is 2.31. The molecule has 0 N–H and O–H groups in total. The summed E-state index contributed by atoms with van der Waals surface area (Å²) < 4.78 is 65.6. The second-order valence-corrected chi connectivity index (χ2v) is 9.52. The molecular weight excluding hydrogens is 453 g/mol. The van der Waals surface area contributed by atoms with Crippen LogP contribution in [0.25, 0.3) is 27.9 Å². The number of sulfone groups is 1. The first-order valence-electron chi connectivity index (χ1n) is 9.71. The Morgan fingerprint density at radius 3 is 2.06 bits per heavy atom. The van der Waals surface area contributed by atoms with E-state index in [1.807, 2.05) is 0 Å². The molecule has 0 aliphatic rings. The average molecular weight is 470 g/mol. The number of halogens is 3. The van der Waals surface area contributed by atoms with Crippen LogP contribution in [0, 0.1) is 24.4 Å². The lowest BCUT2D eigenvalue weighted by atomic mass is 9.96. The smallest absolute Gasteiger partial charge is 0.267 e. The molecule has 1 heterocycles. The lowest BCUT2D eigenvalue weighted by Gasteiger charge is -2.14. The molecule has 168 valence electrons. The minimum Gasteiger partial charge on any atom is -0.267 e. The average Bonchev–Trinajstić information content (AvgIpc) is 2.77. The number of nitrogens with zero attached hydrogens (tertiary/aromatic N) is 2. The SMILES string of the molecule is Cc1cc(-c2c(-c3ccc(S(C)(=O)=O)cc3)cnn(-c3ccc(F)c(F)c3)c2=O)ccc1F. The van der Waals surface area contributed by atoms with E-state index in [9.17, 15) is 26.4 Å². The Morgan fingerprint density at radius 2 is 1.45 bits per heavy atom. The quantitative estimate of drug-likeness (QED) is 0.434. The lowest BCUT2D eigenvalue weighted by molar-refractivity contribution is 0.507. The number of benzene rings is 3. The molecule has 0 bridgehead atoms. The summed E-state index contributed by atoms with van der Waals surface area (Å²) in [6, 6.07) is 13.0. The predicted molar refractivity (Wildman–Crippen MR) is 118 cm³/mol. The van der Waals surface area contributed by atoms with E-state index in [2.05, 4.69) is 5.10 Å². The van der Waals surface area contributed by atoms with Crippen molar-refractivity contribution in [3.05, 3.63) is 100 Å². The van der Waals surface area contributed by atoms with E-state index in [1.54, 1.807) is 6.92 Å². The highest BCUT2D eigenvalue weighted by Gasteiger charge is 2.18. The molecule has 0 aliphatic carbocycles. The summed E-state index contributed by atoms with van der Waals surface area (Å²) in [5.41, 5.74) is 1.08. The number of aryl methyl sites for hydroxylation is 1. The fourth-order valence-electron chi connectivity index (χ4n) is 3.43. The van der Waals surface area contributed by atoms with Crippen LogP contribution in [0.2, 0.25) is 0 Å². The molecule has 4 rings (SSSR count). The van der Waals surface area contributed by atoms with Gasteiger partial charge in [0.15, 0.2) is 21.5 Å². The van der Waals surface area contributed by atoms with Crippen LogP contribution in [0.5, 0.6) is 0 Å². The number of aromatic nitrogens is 2. The maximum absolute atomic E-state index is 13.9.